The minimum absolute atomic E-state index is 0.115. The Hall–Kier alpha value is -3.54. The Bertz CT molecular complexity index is 1450. The lowest BCUT2D eigenvalue weighted by molar-refractivity contribution is 0.248. The van der Waals surface area contributed by atoms with E-state index in [0.29, 0.717) is 23.6 Å². The van der Waals surface area contributed by atoms with Gasteiger partial charge in [0.05, 0.1) is 0 Å². The third kappa shape index (κ3) is 4.20. The van der Waals surface area contributed by atoms with Crippen molar-refractivity contribution in [1.29, 1.82) is 0 Å². The van der Waals surface area contributed by atoms with Crippen molar-refractivity contribution in [3.63, 3.8) is 0 Å². The zero-order valence-electron chi connectivity index (χ0n) is 17.8. The number of hydrogen-bond acceptors (Lipinski definition) is 7. The van der Waals surface area contributed by atoms with Gasteiger partial charge in [-0.2, -0.15) is 4.31 Å². The predicted molar refractivity (Wildman–Crippen MR) is 127 cm³/mol. The minimum Gasteiger partial charge on any atom is -0.409 e. The van der Waals surface area contributed by atoms with Crippen LogP contribution >= 0.6 is 11.6 Å². The van der Waals surface area contributed by atoms with E-state index in [-0.39, 0.29) is 29.8 Å². The molecule has 0 unspecified atom stereocenters. The summed E-state index contributed by atoms with van der Waals surface area (Å²) in [5, 5.41) is 14.4. The van der Waals surface area contributed by atoms with Crippen LogP contribution in [0.3, 0.4) is 0 Å². The molecular formula is C22H20ClN7O3S. The van der Waals surface area contributed by atoms with Gasteiger partial charge in [0.25, 0.3) is 10.0 Å². The molecule has 12 heteroatoms. The molecule has 10 nitrogen and oxygen atoms in total. The van der Waals surface area contributed by atoms with Crippen molar-refractivity contribution >= 4 is 38.4 Å². The fourth-order valence-electron chi connectivity index (χ4n) is 3.88. The SMILES string of the molecule is O=S(=O)(c1cc2cc(Cl)ccc2[nH]1)N1CCN(C(=NO)c2ncc(-c3ccncc3)cn2)CC1. The summed E-state index contributed by atoms with van der Waals surface area (Å²) >= 11 is 6.02. The molecule has 0 saturated carbocycles. The number of fused-ring (bicyclic) bond motifs is 1. The van der Waals surface area contributed by atoms with Gasteiger partial charge >= 0.3 is 0 Å². The second kappa shape index (κ2) is 9.01. The number of amidine groups is 1. The lowest BCUT2D eigenvalue weighted by Gasteiger charge is -2.34. The number of H-pyrrole nitrogens is 1. The van der Waals surface area contributed by atoms with Gasteiger partial charge in [0, 0.05) is 72.5 Å². The quantitative estimate of drug-likeness (QED) is 0.192. The van der Waals surface area contributed by atoms with Crippen molar-refractivity contribution < 1.29 is 13.6 Å². The molecule has 0 amide bonds. The summed E-state index contributed by atoms with van der Waals surface area (Å²) in [6, 6.07) is 10.5. The summed E-state index contributed by atoms with van der Waals surface area (Å²) in [6.07, 6.45) is 6.65. The first kappa shape index (κ1) is 22.3. The maximum atomic E-state index is 13.2. The minimum atomic E-state index is -3.72. The number of rotatable bonds is 4. The van der Waals surface area contributed by atoms with E-state index in [1.54, 1.807) is 54.0 Å². The zero-order valence-corrected chi connectivity index (χ0v) is 19.4. The maximum absolute atomic E-state index is 13.2. The summed E-state index contributed by atoms with van der Waals surface area (Å²) in [5.41, 5.74) is 2.42. The van der Waals surface area contributed by atoms with Crippen molar-refractivity contribution in [2.75, 3.05) is 26.2 Å². The maximum Gasteiger partial charge on any atom is 0.258 e. The molecule has 0 radical (unpaired) electrons. The van der Waals surface area contributed by atoms with Crippen LogP contribution in [0.25, 0.3) is 22.0 Å². The second-order valence-electron chi connectivity index (χ2n) is 7.71. The van der Waals surface area contributed by atoms with Crippen LogP contribution in [0.1, 0.15) is 5.82 Å². The van der Waals surface area contributed by atoms with E-state index in [1.807, 2.05) is 12.1 Å². The lowest BCUT2D eigenvalue weighted by atomic mass is 10.1. The zero-order chi connectivity index (χ0) is 23.7. The number of piperazine rings is 1. The van der Waals surface area contributed by atoms with Gasteiger partial charge in [-0.3, -0.25) is 4.98 Å². The predicted octanol–water partition coefficient (Wildman–Crippen LogP) is 2.82. The van der Waals surface area contributed by atoms with E-state index in [9.17, 15) is 13.6 Å². The lowest BCUT2D eigenvalue weighted by Crippen LogP contribution is -2.51. The van der Waals surface area contributed by atoms with Crippen LogP contribution in [0, 0.1) is 0 Å². The molecule has 0 bridgehead atoms. The highest BCUT2D eigenvalue weighted by Gasteiger charge is 2.31. The van der Waals surface area contributed by atoms with Crippen LogP contribution in [0.4, 0.5) is 0 Å². The molecule has 0 spiro atoms. The Morgan fingerprint density at radius 2 is 1.71 bits per heavy atom. The number of oxime groups is 1. The average molecular weight is 498 g/mol. The first-order valence-corrected chi connectivity index (χ1v) is 12.3. The van der Waals surface area contributed by atoms with Crippen molar-refractivity contribution in [1.82, 2.24) is 29.1 Å². The molecule has 1 aliphatic rings. The van der Waals surface area contributed by atoms with E-state index in [2.05, 4.69) is 25.1 Å². The fraction of sp³-hybridized carbons (Fsp3) is 0.182. The fourth-order valence-corrected chi connectivity index (χ4v) is 5.50. The number of benzene rings is 1. The monoisotopic (exact) mass is 497 g/mol. The number of aromatic nitrogens is 4. The van der Waals surface area contributed by atoms with Crippen LogP contribution in [-0.2, 0) is 10.0 Å². The van der Waals surface area contributed by atoms with Crippen molar-refractivity contribution in [3.8, 4) is 11.1 Å². The van der Waals surface area contributed by atoms with Crippen molar-refractivity contribution in [2.45, 2.75) is 5.03 Å². The largest absolute Gasteiger partial charge is 0.409 e. The number of nitrogens with one attached hydrogen (secondary N) is 1. The Labute approximate surface area is 200 Å². The molecule has 4 heterocycles. The van der Waals surface area contributed by atoms with Crippen LogP contribution in [-0.4, -0.2) is 74.8 Å². The van der Waals surface area contributed by atoms with E-state index < -0.39 is 10.0 Å². The first-order valence-electron chi connectivity index (χ1n) is 10.4. The molecule has 1 saturated heterocycles. The second-order valence-corrected chi connectivity index (χ2v) is 10.1. The van der Waals surface area contributed by atoms with Gasteiger partial charge < -0.3 is 15.1 Å². The highest BCUT2D eigenvalue weighted by atomic mass is 35.5. The van der Waals surface area contributed by atoms with Crippen LogP contribution in [0.2, 0.25) is 5.02 Å². The highest BCUT2D eigenvalue weighted by molar-refractivity contribution is 7.89. The third-order valence-electron chi connectivity index (χ3n) is 5.67. The summed E-state index contributed by atoms with van der Waals surface area (Å²) in [4.78, 5) is 17.4. The molecule has 5 rings (SSSR count). The van der Waals surface area contributed by atoms with Gasteiger partial charge in [0.15, 0.2) is 5.82 Å². The summed E-state index contributed by atoms with van der Waals surface area (Å²) < 4.78 is 27.7. The first-order chi connectivity index (χ1) is 16.5. The van der Waals surface area contributed by atoms with Gasteiger partial charge in [-0.25, -0.2) is 18.4 Å². The Balaban J connectivity index is 1.29. The molecule has 0 aliphatic carbocycles. The summed E-state index contributed by atoms with van der Waals surface area (Å²) in [5.74, 6) is 0.447. The Kier molecular flexibility index (Phi) is 5.90. The standard InChI is InChI=1S/C22H20ClN7O3S/c23-18-1-2-19-16(11-18)12-20(27-19)34(32,33)30-9-7-29(8-10-30)22(28-31)21-25-13-17(14-26-21)15-3-5-24-6-4-15/h1-6,11-14,27,31H,7-10H2. The highest BCUT2D eigenvalue weighted by Crippen LogP contribution is 2.25. The molecule has 1 aliphatic heterocycles. The van der Waals surface area contributed by atoms with Gasteiger partial charge in [-0.1, -0.05) is 16.8 Å². The number of aromatic amines is 1. The van der Waals surface area contributed by atoms with E-state index >= 15 is 0 Å². The molecule has 3 aromatic heterocycles. The van der Waals surface area contributed by atoms with Crippen LogP contribution in [0.5, 0.6) is 0 Å². The number of nitrogens with zero attached hydrogens (tertiary/aromatic N) is 6. The average Bonchev–Trinajstić information content (AvgIpc) is 3.30. The Morgan fingerprint density at radius 3 is 2.38 bits per heavy atom. The number of sulfonamides is 1. The molecule has 2 N–H and O–H groups in total. The topological polar surface area (TPSA) is 128 Å². The smallest absolute Gasteiger partial charge is 0.258 e. The summed E-state index contributed by atoms with van der Waals surface area (Å²) in [6.45, 7) is 1.07. The molecule has 4 aromatic rings. The van der Waals surface area contributed by atoms with Crippen LogP contribution < -0.4 is 0 Å². The molecule has 1 fully saturated rings. The van der Waals surface area contributed by atoms with Crippen LogP contribution in [0.15, 0.2) is 71.4 Å². The van der Waals surface area contributed by atoms with E-state index in [1.165, 1.54) is 4.31 Å². The molecule has 34 heavy (non-hydrogen) atoms. The van der Waals surface area contributed by atoms with Crippen molar-refractivity contribution in [2.24, 2.45) is 5.16 Å². The van der Waals surface area contributed by atoms with Gasteiger partial charge in [-0.05, 0) is 42.0 Å². The normalized spacial score (nSPS) is 15.7. The van der Waals surface area contributed by atoms with Gasteiger partial charge in [0.1, 0.15) is 5.03 Å². The molecule has 0 atom stereocenters. The van der Waals surface area contributed by atoms with Crippen molar-refractivity contribution in [3.05, 3.63) is 72.0 Å². The molecule has 1 aromatic carbocycles. The third-order valence-corrected chi connectivity index (χ3v) is 7.73. The van der Waals surface area contributed by atoms with Gasteiger partial charge in [0.2, 0.25) is 5.84 Å². The van der Waals surface area contributed by atoms with E-state index in [4.69, 9.17) is 11.6 Å². The molecular weight excluding hydrogens is 478 g/mol. The molecule has 174 valence electrons. The van der Waals surface area contributed by atoms with E-state index in [0.717, 1.165) is 16.5 Å². The number of pyridine rings is 1. The van der Waals surface area contributed by atoms with Gasteiger partial charge in [-0.15, -0.1) is 0 Å². The Morgan fingerprint density at radius 1 is 1.00 bits per heavy atom. The number of hydrogen-bond donors (Lipinski definition) is 2. The number of halogens is 1. The summed E-state index contributed by atoms with van der Waals surface area (Å²) in [7, 11) is -3.72.